The monoisotopic (exact) mass is 506 g/mol. The van der Waals surface area contributed by atoms with Crippen molar-refractivity contribution in [2.24, 2.45) is 4.99 Å². The van der Waals surface area contributed by atoms with Crippen LogP contribution in [-0.4, -0.2) is 49.5 Å². The molecule has 1 aromatic heterocycles. The standard InChI is InChI=1S/C17H22N4O2S2.HI/c1-18-16(19-7-4-9-24-17-20-8-10-25-17)21-11-13-12-22-14-5-2-3-6-15(14)23-13;/h2-3,5-6,8,10,13H,4,7,9,11-12H2,1H3,(H2,18,19,21);1H. The molecule has 2 heterocycles. The van der Waals surface area contributed by atoms with Gasteiger partial charge in [-0.25, -0.2) is 4.98 Å². The van der Waals surface area contributed by atoms with E-state index in [1.165, 1.54) is 0 Å². The number of guanidine groups is 1. The Bertz CT molecular complexity index is 685. The third-order valence-electron chi connectivity index (χ3n) is 3.54. The van der Waals surface area contributed by atoms with Crippen LogP contribution in [0.15, 0.2) is 45.2 Å². The number of hydrogen-bond acceptors (Lipinski definition) is 6. The maximum Gasteiger partial charge on any atom is 0.191 e. The molecule has 6 nitrogen and oxygen atoms in total. The molecule has 9 heteroatoms. The number of aliphatic imine (C=N–C) groups is 1. The van der Waals surface area contributed by atoms with Gasteiger partial charge in [0, 0.05) is 30.9 Å². The number of rotatable bonds is 7. The van der Waals surface area contributed by atoms with Crippen LogP contribution >= 0.6 is 47.1 Å². The predicted octanol–water partition coefficient (Wildman–Crippen LogP) is 3.25. The number of halogens is 1. The van der Waals surface area contributed by atoms with E-state index in [0.29, 0.717) is 13.2 Å². The molecule has 1 aliphatic rings. The van der Waals surface area contributed by atoms with Gasteiger partial charge in [-0.15, -0.1) is 35.3 Å². The maximum atomic E-state index is 5.93. The lowest BCUT2D eigenvalue weighted by molar-refractivity contribution is 0.0936. The van der Waals surface area contributed by atoms with Crippen molar-refractivity contribution in [2.75, 3.05) is 32.5 Å². The first-order valence-corrected chi connectivity index (χ1v) is 10.1. The minimum absolute atomic E-state index is 0. The Balaban J connectivity index is 0.00000243. The summed E-state index contributed by atoms with van der Waals surface area (Å²) >= 11 is 3.47. The largest absolute Gasteiger partial charge is 0.486 e. The van der Waals surface area contributed by atoms with E-state index in [0.717, 1.165) is 40.5 Å². The van der Waals surface area contributed by atoms with Crippen molar-refractivity contribution in [3.63, 3.8) is 0 Å². The van der Waals surface area contributed by atoms with Crippen LogP contribution in [0.25, 0.3) is 0 Å². The molecule has 1 unspecified atom stereocenters. The molecule has 1 aliphatic heterocycles. The van der Waals surface area contributed by atoms with Crippen LogP contribution in [-0.2, 0) is 0 Å². The Labute approximate surface area is 179 Å². The van der Waals surface area contributed by atoms with Crippen molar-refractivity contribution in [2.45, 2.75) is 16.9 Å². The molecular formula is C17H23IN4O2S2. The summed E-state index contributed by atoms with van der Waals surface area (Å²) in [4.78, 5) is 8.51. The van der Waals surface area contributed by atoms with E-state index in [2.05, 4.69) is 20.6 Å². The fourth-order valence-electron chi connectivity index (χ4n) is 2.31. The molecule has 26 heavy (non-hydrogen) atoms. The van der Waals surface area contributed by atoms with Crippen molar-refractivity contribution in [1.29, 1.82) is 0 Å². The lowest BCUT2D eigenvalue weighted by Crippen LogP contribution is -2.45. The number of para-hydroxylation sites is 2. The van der Waals surface area contributed by atoms with Crippen LogP contribution in [0.2, 0.25) is 0 Å². The van der Waals surface area contributed by atoms with Crippen molar-refractivity contribution >= 4 is 53.0 Å². The molecule has 0 fully saturated rings. The van der Waals surface area contributed by atoms with Crippen LogP contribution in [0.5, 0.6) is 11.5 Å². The minimum atomic E-state index is -0.0334. The third kappa shape index (κ3) is 6.51. The van der Waals surface area contributed by atoms with E-state index in [1.807, 2.05) is 35.8 Å². The summed E-state index contributed by atoms with van der Waals surface area (Å²) in [5, 5.41) is 8.61. The average Bonchev–Trinajstić information content (AvgIpc) is 3.17. The van der Waals surface area contributed by atoms with Gasteiger partial charge in [0.2, 0.25) is 0 Å². The molecule has 0 amide bonds. The number of aromatic nitrogens is 1. The molecule has 2 N–H and O–H groups in total. The van der Waals surface area contributed by atoms with Gasteiger partial charge < -0.3 is 20.1 Å². The summed E-state index contributed by atoms with van der Waals surface area (Å²) in [6.07, 6.45) is 2.85. The van der Waals surface area contributed by atoms with Gasteiger partial charge in [-0.1, -0.05) is 23.9 Å². The zero-order valence-electron chi connectivity index (χ0n) is 14.5. The van der Waals surface area contributed by atoms with Crippen molar-refractivity contribution in [1.82, 2.24) is 15.6 Å². The summed E-state index contributed by atoms with van der Waals surface area (Å²) in [6.45, 7) is 2.04. The lowest BCUT2D eigenvalue weighted by Gasteiger charge is -2.27. The summed E-state index contributed by atoms with van der Waals surface area (Å²) in [5.41, 5.74) is 0. The third-order valence-corrected chi connectivity index (χ3v) is 5.59. The summed E-state index contributed by atoms with van der Waals surface area (Å²) in [5.74, 6) is 3.41. The molecule has 0 spiro atoms. The van der Waals surface area contributed by atoms with Gasteiger partial charge in [0.05, 0.1) is 6.54 Å². The van der Waals surface area contributed by atoms with E-state index in [-0.39, 0.29) is 30.1 Å². The second-order valence-electron chi connectivity index (χ2n) is 5.38. The van der Waals surface area contributed by atoms with Gasteiger partial charge in [0.25, 0.3) is 0 Å². The molecule has 0 bridgehead atoms. The Morgan fingerprint density at radius 1 is 1.35 bits per heavy atom. The smallest absolute Gasteiger partial charge is 0.191 e. The molecule has 1 atom stereocenters. The minimum Gasteiger partial charge on any atom is -0.486 e. The highest BCUT2D eigenvalue weighted by Crippen LogP contribution is 2.30. The number of benzene rings is 1. The van der Waals surface area contributed by atoms with Crippen LogP contribution in [0.4, 0.5) is 0 Å². The fourth-order valence-corrected chi connectivity index (χ4v) is 3.96. The molecule has 0 aliphatic carbocycles. The van der Waals surface area contributed by atoms with E-state index in [9.17, 15) is 0 Å². The number of thioether (sulfide) groups is 1. The van der Waals surface area contributed by atoms with Crippen molar-refractivity contribution < 1.29 is 9.47 Å². The number of hydrogen-bond donors (Lipinski definition) is 2. The first-order valence-electron chi connectivity index (χ1n) is 8.20. The molecule has 142 valence electrons. The Kier molecular flexibility index (Phi) is 9.33. The molecule has 2 aromatic rings. The van der Waals surface area contributed by atoms with E-state index < -0.39 is 0 Å². The van der Waals surface area contributed by atoms with Gasteiger partial charge in [-0.3, -0.25) is 4.99 Å². The van der Waals surface area contributed by atoms with Gasteiger partial charge in [0.1, 0.15) is 17.1 Å². The highest BCUT2D eigenvalue weighted by Gasteiger charge is 2.20. The van der Waals surface area contributed by atoms with Crippen LogP contribution < -0.4 is 20.1 Å². The van der Waals surface area contributed by atoms with Gasteiger partial charge in [-0.05, 0) is 18.6 Å². The Morgan fingerprint density at radius 2 is 2.19 bits per heavy atom. The number of nitrogens with one attached hydrogen (secondary N) is 2. The van der Waals surface area contributed by atoms with Gasteiger partial charge >= 0.3 is 0 Å². The summed E-state index contributed by atoms with van der Waals surface area (Å²) < 4.78 is 12.8. The van der Waals surface area contributed by atoms with Crippen molar-refractivity contribution in [3.8, 4) is 11.5 Å². The van der Waals surface area contributed by atoms with E-state index >= 15 is 0 Å². The molecule has 0 radical (unpaired) electrons. The van der Waals surface area contributed by atoms with Crippen LogP contribution in [0, 0.1) is 0 Å². The number of thiazole rings is 1. The normalized spacial score (nSPS) is 15.9. The first kappa shape index (κ1) is 21.1. The topological polar surface area (TPSA) is 67.8 Å². The first-order chi connectivity index (χ1) is 12.3. The maximum absolute atomic E-state index is 5.93. The average molecular weight is 506 g/mol. The van der Waals surface area contributed by atoms with E-state index in [4.69, 9.17) is 9.47 Å². The number of ether oxygens (including phenoxy) is 2. The van der Waals surface area contributed by atoms with E-state index in [1.54, 1.807) is 30.1 Å². The van der Waals surface area contributed by atoms with Crippen molar-refractivity contribution in [3.05, 3.63) is 35.8 Å². The predicted molar refractivity (Wildman–Crippen MR) is 119 cm³/mol. The summed E-state index contributed by atoms with van der Waals surface area (Å²) in [6, 6.07) is 7.74. The fraction of sp³-hybridized carbons (Fsp3) is 0.412. The van der Waals surface area contributed by atoms with Gasteiger partial charge in [0.15, 0.2) is 17.5 Å². The SMILES string of the molecule is CN=C(NCCCSc1nccs1)NCC1COc2ccccc2O1.I. The zero-order chi connectivity index (χ0) is 17.3. The van der Waals surface area contributed by atoms with Crippen LogP contribution in [0.3, 0.4) is 0 Å². The quantitative estimate of drug-likeness (QED) is 0.198. The zero-order valence-corrected chi connectivity index (χ0v) is 18.5. The van der Waals surface area contributed by atoms with Gasteiger partial charge in [-0.2, -0.15) is 0 Å². The highest BCUT2D eigenvalue weighted by atomic mass is 127. The number of fused-ring (bicyclic) bond motifs is 1. The molecule has 0 saturated heterocycles. The lowest BCUT2D eigenvalue weighted by atomic mass is 10.2. The second-order valence-corrected chi connectivity index (χ2v) is 7.61. The highest BCUT2D eigenvalue weighted by molar-refractivity contribution is 14.0. The molecule has 0 saturated carbocycles. The number of nitrogens with zero attached hydrogens (tertiary/aromatic N) is 2. The Hall–Kier alpha value is -1.20. The van der Waals surface area contributed by atoms with Crippen LogP contribution in [0.1, 0.15) is 6.42 Å². The second kappa shape index (κ2) is 11.5. The Morgan fingerprint density at radius 3 is 2.96 bits per heavy atom. The molecule has 1 aromatic carbocycles. The molecular weight excluding hydrogens is 483 g/mol. The summed E-state index contributed by atoms with van der Waals surface area (Å²) in [7, 11) is 1.77. The molecule has 3 rings (SSSR count).